The summed E-state index contributed by atoms with van der Waals surface area (Å²) in [6, 6.07) is 0.728. The lowest BCUT2D eigenvalue weighted by Gasteiger charge is -2.26. The van der Waals surface area contributed by atoms with Gasteiger partial charge in [0.25, 0.3) is 0 Å². The molecule has 3 fully saturated rings. The molecule has 2 aliphatic carbocycles. The summed E-state index contributed by atoms with van der Waals surface area (Å²) in [5.41, 5.74) is 0. The van der Waals surface area contributed by atoms with Crippen LogP contribution in [0.1, 0.15) is 51.4 Å². The molecule has 3 rings (SSSR count). The summed E-state index contributed by atoms with van der Waals surface area (Å²) < 4.78 is 0. The van der Waals surface area contributed by atoms with Crippen molar-refractivity contribution in [2.45, 2.75) is 63.5 Å². The summed E-state index contributed by atoms with van der Waals surface area (Å²) in [7, 11) is 0. The lowest BCUT2D eigenvalue weighted by atomic mass is 9.84. The Bertz CT molecular complexity index is 274. The fraction of sp³-hybridized carbons (Fsp3) is 0.929. The molecule has 0 aromatic rings. The first-order chi connectivity index (χ1) is 8.33. The van der Waals surface area contributed by atoms with Gasteiger partial charge in [0.15, 0.2) is 0 Å². The van der Waals surface area contributed by atoms with Crippen LogP contribution in [0.3, 0.4) is 0 Å². The van der Waals surface area contributed by atoms with Crippen molar-refractivity contribution in [2.75, 3.05) is 6.54 Å². The van der Waals surface area contributed by atoms with Gasteiger partial charge in [0.05, 0.1) is 6.04 Å². The first-order valence-corrected chi connectivity index (χ1v) is 7.36. The molecule has 96 valence electrons. The van der Waals surface area contributed by atoms with E-state index in [2.05, 4.69) is 10.6 Å². The number of rotatable bonds is 3. The van der Waals surface area contributed by atoms with Crippen LogP contribution in [0.2, 0.25) is 0 Å². The van der Waals surface area contributed by atoms with Gasteiger partial charge in [0.2, 0.25) is 5.91 Å². The molecule has 3 heteroatoms. The van der Waals surface area contributed by atoms with Crippen molar-refractivity contribution < 1.29 is 4.79 Å². The van der Waals surface area contributed by atoms with E-state index in [-0.39, 0.29) is 11.9 Å². The molecule has 1 amide bonds. The third-order valence-electron chi connectivity index (χ3n) is 4.97. The first kappa shape index (κ1) is 11.5. The van der Waals surface area contributed by atoms with Crippen molar-refractivity contribution in [2.24, 2.45) is 11.8 Å². The Labute approximate surface area is 104 Å². The molecule has 2 saturated carbocycles. The van der Waals surface area contributed by atoms with Gasteiger partial charge in [0.1, 0.15) is 0 Å². The third kappa shape index (κ3) is 2.49. The molecular formula is C14H24N2O. The number of fused-ring (bicyclic) bond motifs is 1. The summed E-state index contributed by atoms with van der Waals surface area (Å²) in [5.74, 6) is 1.79. The van der Waals surface area contributed by atoms with Crippen molar-refractivity contribution in [3.63, 3.8) is 0 Å². The van der Waals surface area contributed by atoms with Crippen molar-refractivity contribution in [3.05, 3.63) is 0 Å². The van der Waals surface area contributed by atoms with E-state index < -0.39 is 0 Å². The van der Waals surface area contributed by atoms with Gasteiger partial charge in [-0.2, -0.15) is 0 Å². The van der Waals surface area contributed by atoms with Crippen LogP contribution in [-0.2, 0) is 4.79 Å². The zero-order valence-electron chi connectivity index (χ0n) is 10.6. The molecule has 2 N–H and O–H groups in total. The second-order valence-electron chi connectivity index (χ2n) is 6.15. The highest BCUT2D eigenvalue weighted by Crippen LogP contribution is 2.33. The summed E-state index contributed by atoms with van der Waals surface area (Å²) in [5, 5.41) is 6.68. The first-order valence-electron chi connectivity index (χ1n) is 7.36. The van der Waals surface area contributed by atoms with E-state index >= 15 is 0 Å². The van der Waals surface area contributed by atoms with E-state index in [9.17, 15) is 4.79 Å². The standard InChI is InChI=1S/C14H24N2O/c17-14(15-9-10-4-3-5-10)13-8-11-6-1-2-7-12(11)16-13/h10-13,16H,1-9H2,(H,15,17). The maximum atomic E-state index is 12.1. The number of carbonyl (C=O) groups is 1. The molecule has 1 aliphatic heterocycles. The van der Waals surface area contributed by atoms with Gasteiger partial charge in [-0.3, -0.25) is 4.79 Å². The number of amides is 1. The zero-order valence-corrected chi connectivity index (χ0v) is 10.6. The van der Waals surface area contributed by atoms with Gasteiger partial charge in [0, 0.05) is 12.6 Å². The maximum Gasteiger partial charge on any atom is 0.237 e. The molecular weight excluding hydrogens is 212 g/mol. The second kappa shape index (κ2) is 4.97. The fourth-order valence-corrected chi connectivity index (χ4v) is 3.59. The summed E-state index contributed by atoms with van der Waals surface area (Å²) in [6.07, 6.45) is 10.3. The lowest BCUT2D eigenvalue weighted by Crippen LogP contribution is -2.45. The molecule has 3 unspecified atom stereocenters. The van der Waals surface area contributed by atoms with Crippen molar-refractivity contribution in [3.8, 4) is 0 Å². The van der Waals surface area contributed by atoms with Gasteiger partial charge in [-0.25, -0.2) is 0 Å². The molecule has 1 heterocycles. The summed E-state index contributed by atoms with van der Waals surface area (Å²) in [6.45, 7) is 0.909. The largest absolute Gasteiger partial charge is 0.354 e. The van der Waals surface area contributed by atoms with Gasteiger partial charge in [-0.15, -0.1) is 0 Å². The van der Waals surface area contributed by atoms with Crippen LogP contribution in [0.25, 0.3) is 0 Å². The van der Waals surface area contributed by atoms with Crippen molar-refractivity contribution >= 4 is 5.91 Å². The number of carbonyl (C=O) groups excluding carboxylic acids is 1. The molecule has 17 heavy (non-hydrogen) atoms. The average molecular weight is 236 g/mol. The Morgan fingerprint density at radius 1 is 1.12 bits per heavy atom. The summed E-state index contributed by atoms with van der Waals surface area (Å²) >= 11 is 0. The van der Waals surface area contributed by atoms with Crippen molar-refractivity contribution in [1.29, 1.82) is 0 Å². The topological polar surface area (TPSA) is 41.1 Å². The minimum Gasteiger partial charge on any atom is -0.354 e. The fourth-order valence-electron chi connectivity index (χ4n) is 3.59. The third-order valence-corrected chi connectivity index (χ3v) is 4.97. The Kier molecular flexibility index (Phi) is 3.37. The molecule has 0 aromatic heterocycles. The average Bonchev–Trinajstić information content (AvgIpc) is 2.70. The molecule has 0 radical (unpaired) electrons. The number of hydrogen-bond donors (Lipinski definition) is 2. The Morgan fingerprint density at radius 3 is 2.65 bits per heavy atom. The van der Waals surface area contributed by atoms with E-state index in [0.29, 0.717) is 6.04 Å². The molecule has 0 aromatic carbocycles. The molecule has 1 saturated heterocycles. The number of nitrogens with one attached hydrogen (secondary N) is 2. The Balaban J connectivity index is 1.45. The Morgan fingerprint density at radius 2 is 1.94 bits per heavy atom. The van der Waals surface area contributed by atoms with Crippen LogP contribution < -0.4 is 10.6 Å². The zero-order chi connectivity index (χ0) is 11.7. The highest BCUT2D eigenvalue weighted by Gasteiger charge is 2.38. The van der Waals surface area contributed by atoms with Gasteiger partial charge in [-0.1, -0.05) is 19.3 Å². The summed E-state index contributed by atoms with van der Waals surface area (Å²) in [4.78, 5) is 12.1. The van der Waals surface area contributed by atoms with Gasteiger partial charge < -0.3 is 10.6 Å². The van der Waals surface area contributed by atoms with Crippen LogP contribution in [0.5, 0.6) is 0 Å². The van der Waals surface area contributed by atoms with Gasteiger partial charge in [-0.05, 0) is 43.9 Å². The normalized spacial score (nSPS) is 37.3. The highest BCUT2D eigenvalue weighted by atomic mass is 16.2. The highest BCUT2D eigenvalue weighted by molar-refractivity contribution is 5.82. The molecule has 3 atom stereocenters. The second-order valence-corrected chi connectivity index (χ2v) is 6.15. The minimum atomic E-state index is 0.100. The predicted molar refractivity (Wildman–Crippen MR) is 67.6 cm³/mol. The molecule has 3 aliphatic rings. The molecule has 0 bridgehead atoms. The Hall–Kier alpha value is -0.570. The minimum absolute atomic E-state index is 0.100. The quantitative estimate of drug-likeness (QED) is 0.785. The van der Waals surface area contributed by atoms with E-state index in [1.165, 1.54) is 44.9 Å². The van der Waals surface area contributed by atoms with Crippen LogP contribution in [0.4, 0.5) is 0 Å². The predicted octanol–water partition coefficient (Wildman–Crippen LogP) is 1.82. The van der Waals surface area contributed by atoms with Crippen LogP contribution in [-0.4, -0.2) is 24.5 Å². The van der Waals surface area contributed by atoms with Crippen LogP contribution in [0.15, 0.2) is 0 Å². The van der Waals surface area contributed by atoms with Crippen LogP contribution in [0, 0.1) is 11.8 Å². The monoisotopic (exact) mass is 236 g/mol. The van der Waals surface area contributed by atoms with E-state index in [4.69, 9.17) is 0 Å². The van der Waals surface area contributed by atoms with Gasteiger partial charge >= 0.3 is 0 Å². The van der Waals surface area contributed by atoms with Crippen LogP contribution >= 0.6 is 0 Å². The number of hydrogen-bond acceptors (Lipinski definition) is 2. The maximum absolute atomic E-state index is 12.1. The van der Waals surface area contributed by atoms with E-state index in [1.807, 2.05) is 0 Å². The SMILES string of the molecule is O=C(NCC1CCC1)C1CC2CCCCC2N1. The lowest BCUT2D eigenvalue weighted by molar-refractivity contribution is -0.123. The molecule has 3 nitrogen and oxygen atoms in total. The van der Waals surface area contributed by atoms with Crippen molar-refractivity contribution in [1.82, 2.24) is 10.6 Å². The van der Waals surface area contributed by atoms with E-state index in [0.717, 1.165) is 24.8 Å². The smallest absolute Gasteiger partial charge is 0.237 e. The molecule has 0 spiro atoms. The van der Waals surface area contributed by atoms with E-state index in [1.54, 1.807) is 0 Å².